The van der Waals surface area contributed by atoms with Crippen LogP contribution in [0.2, 0.25) is 0 Å². The van der Waals surface area contributed by atoms with Gasteiger partial charge in [-0.15, -0.1) is 0 Å². The lowest BCUT2D eigenvalue weighted by molar-refractivity contribution is -0.151. The number of anilines is 1. The molecule has 5 heterocycles. The number of ether oxygens (including phenoxy) is 3. The van der Waals surface area contributed by atoms with Gasteiger partial charge in [-0.25, -0.2) is 14.0 Å². The number of cyclic esters (lactones) is 1. The molecule has 6 amide bonds. The summed E-state index contributed by atoms with van der Waals surface area (Å²) in [5, 5.41) is 17.8. The molecular weight excluding hydrogens is 1110 g/mol. The maximum Gasteiger partial charge on any atom is 0.410 e. The number of Topliss-reactive ketones (excluding diaryl/α,β-unsaturated/α-hetero) is 2. The van der Waals surface area contributed by atoms with E-state index in [9.17, 15) is 48.3 Å². The number of unbranched alkanes of at least 4 members (excludes halogenated alkanes) is 2. The number of piperazine rings is 2. The van der Waals surface area contributed by atoms with E-state index in [2.05, 4.69) is 10.4 Å². The molecule has 0 aliphatic carbocycles. The van der Waals surface area contributed by atoms with Gasteiger partial charge in [-0.2, -0.15) is 5.10 Å². The molecule has 0 saturated carbocycles. The molecule has 4 aliphatic rings. The van der Waals surface area contributed by atoms with Crippen molar-refractivity contribution >= 4 is 65.1 Å². The molecule has 86 heavy (non-hydrogen) atoms. The molecule has 2 saturated heterocycles. The third kappa shape index (κ3) is 19.3. The number of hydrogen-bond donors (Lipinski definition) is 2. The highest BCUT2D eigenvalue weighted by atomic mass is 19.1. The predicted octanol–water partition coefficient (Wildman–Crippen LogP) is 6.85. The first kappa shape index (κ1) is 65.5. The summed E-state index contributed by atoms with van der Waals surface area (Å²) in [7, 11) is 0. The molecule has 7 rings (SSSR count). The molecular formula is C64H83FN8O13. The molecule has 3 aromatic rings. The van der Waals surface area contributed by atoms with Crippen molar-refractivity contribution in [3.8, 4) is 0 Å². The second-order valence-corrected chi connectivity index (χ2v) is 23.4. The van der Waals surface area contributed by atoms with Gasteiger partial charge in [-0.1, -0.05) is 70.5 Å². The van der Waals surface area contributed by atoms with E-state index in [1.807, 2.05) is 44.7 Å². The molecule has 464 valence electrons. The molecule has 2 fully saturated rings. The zero-order chi connectivity index (χ0) is 62.0. The number of carbonyl (C=O) groups is 9. The average Bonchev–Trinajstić information content (AvgIpc) is 2.46. The quantitative estimate of drug-likeness (QED) is 0.0343. The SMILES string of the molecule is C/C(=C\c1cc(F)cc(N2CCN(C(=O)Cn3cccn3)CC2)c1)[C@H]1OC(=O)C[C@H](O)CC[C@H](C)[C@@H](OC(=O)N2CCN(C(=O)OCc3ccc(CC(=O)[C@H](C)NC(=O)[C@@H](CC(=O)CCCCCN4C(=O)C=CC4=O)C(C)C)cc3)CC2)/C=C/[C@@H]1C. The van der Waals surface area contributed by atoms with Crippen LogP contribution in [0.5, 0.6) is 0 Å². The predicted molar refractivity (Wildman–Crippen MR) is 317 cm³/mol. The Kier molecular flexibility index (Phi) is 23.9. The molecule has 4 aliphatic heterocycles. The summed E-state index contributed by atoms with van der Waals surface area (Å²) in [6, 6.07) is 12.7. The number of hydrogen-bond acceptors (Lipinski definition) is 15. The molecule has 0 spiro atoms. The Hall–Kier alpha value is -8.01. The molecule has 22 heteroatoms. The van der Waals surface area contributed by atoms with Crippen LogP contribution >= 0.6 is 0 Å². The summed E-state index contributed by atoms with van der Waals surface area (Å²) < 4.78 is 34.6. The Balaban J connectivity index is 0.846. The summed E-state index contributed by atoms with van der Waals surface area (Å²) in [6.45, 7) is 14.0. The zero-order valence-electron chi connectivity index (χ0n) is 50.3. The van der Waals surface area contributed by atoms with Crippen molar-refractivity contribution in [1.82, 2.24) is 34.7 Å². The Morgan fingerprint density at radius 2 is 1.49 bits per heavy atom. The van der Waals surface area contributed by atoms with E-state index in [0.29, 0.717) is 86.4 Å². The number of imide groups is 1. The largest absolute Gasteiger partial charge is 0.457 e. The first-order chi connectivity index (χ1) is 41.1. The maximum absolute atomic E-state index is 15.3. The van der Waals surface area contributed by atoms with Gasteiger partial charge in [-0.3, -0.25) is 43.1 Å². The highest BCUT2D eigenvalue weighted by Gasteiger charge is 2.33. The minimum atomic E-state index is -1.00. The van der Waals surface area contributed by atoms with E-state index in [0.717, 1.165) is 0 Å². The average molecular weight is 1190 g/mol. The molecule has 0 radical (unpaired) electrons. The minimum absolute atomic E-state index is 0.0343. The van der Waals surface area contributed by atoms with Crippen LogP contribution in [0.15, 0.2) is 90.8 Å². The molecule has 0 bridgehead atoms. The van der Waals surface area contributed by atoms with Crippen LogP contribution in [0.4, 0.5) is 19.7 Å². The minimum Gasteiger partial charge on any atom is -0.457 e. The fourth-order valence-electron chi connectivity index (χ4n) is 10.9. The van der Waals surface area contributed by atoms with Gasteiger partial charge in [0.1, 0.15) is 37.0 Å². The van der Waals surface area contributed by atoms with Gasteiger partial charge in [0.05, 0.1) is 18.6 Å². The first-order valence-electron chi connectivity index (χ1n) is 30.0. The summed E-state index contributed by atoms with van der Waals surface area (Å²) in [5.74, 6) is -3.85. The number of nitrogens with one attached hydrogen (secondary N) is 1. The third-order valence-corrected chi connectivity index (χ3v) is 16.3. The van der Waals surface area contributed by atoms with Gasteiger partial charge in [-0.05, 0) is 104 Å². The van der Waals surface area contributed by atoms with Crippen LogP contribution in [0, 0.1) is 29.5 Å². The molecule has 1 aromatic heterocycles. The Bertz CT molecular complexity index is 2950. The number of aliphatic hydroxyl groups is 1. The van der Waals surface area contributed by atoms with Crippen LogP contribution in [0.1, 0.15) is 110 Å². The van der Waals surface area contributed by atoms with Gasteiger partial charge in [0.2, 0.25) is 11.8 Å². The van der Waals surface area contributed by atoms with Crippen molar-refractivity contribution in [1.29, 1.82) is 0 Å². The number of carbonyl (C=O) groups excluding carboxylic acids is 9. The van der Waals surface area contributed by atoms with Gasteiger partial charge in [0.25, 0.3) is 11.8 Å². The molecule has 2 N–H and O–H groups in total. The number of nitrogens with zero attached hydrogens (tertiary/aromatic N) is 7. The second kappa shape index (κ2) is 31.4. The maximum atomic E-state index is 15.3. The number of aromatic nitrogens is 2. The van der Waals surface area contributed by atoms with E-state index in [-0.39, 0.29) is 118 Å². The van der Waals surface area contributed by atoms with Crippen LogP contribution in [-0.2, 0) is 67.3 Å². The lowest BCUT2D eigenvalue weighted by Gasteiger charge is -2.36. The number of ketones is 2. The van der Waals surface area contributed by atoms with E-state index < -0.39 is 60.2 Å². The first-order valence-corrected chi connectivity index (χ1v) is 30.0. The molecule has 0 unspecified atom stereocenters. The zero-order valence-corrected chi connectivity index (χ0v) is 50.3. The Morgan fingerprint density at radius 3 is 2.15 bits per heavy atom. The van der Waals surface area contributed by atoms with Crippen molar-refractivity contribution in [2.24, 2.45) is 23.7 Å². The fraction of sp³-hybridized carbons (Fsp3) is 0.531. The third-order valence-electron chi connectivity index (χ3n) is 16.3. The van der Waals surface area contributed by atoms with Crippen molar-refractivity contribution < 1.29 is 66.9 Å². The molecule has 21 nitrogen and oxygen atoms in total. The van der Waals surface area contributed by atoms with E-state index >= 15 is 4.39 Å². The van der Waals surface area contributed by atoms with E-state index in [4.69, 9.17) is 14.2 Å². The lowest BCUT2D eigenvalue weighted by Crippen LogP contribution is -2.51. The normalized spacial score (nSPS) is 21.7. The Morgan fingerprint density at radius 1 is 0.826 bits per heavy atom. The van der Waals surface area contributed by atoms with Crippen molar-refractivity contribution in [2.45, 2.75) is 137 Å². The summed E-state index contributed by atoms with van der Waals surface area (Å²) in [6.07, 6.45) is 10.2. The summed E-state index contributed by atoms with van der Waals surface area (Å²) in [4.78, 5) is 124. The van der Waals surface area contributed by atoms with Crippen molar-refractivity contribution in [3.05, 3.63) is 113 Å². The van der Waals surface area contributed by atoms with Crippen LogP contribution < -0.4 is 10.2 Å². The monoisotopic (exact) mass is 1190 g/mol. The second-order valence-electron chi connectivity index (χ2n) is 23.4. The Labute approximate surface area is 502 Å². The standard InChI is InChI=1S/C64H83FN8O13/c1-42(2)54(38-52(74)11-8-7-9-24-73-57(77)20-21-58(73)78)62(81)67-46(6)55(76)36-47-14-16-48(17-15-47)41-84-63(82)70-29-31-71(32-30-70)64(83)85-56-19-13-44(4)61(86-60(80)39-53(75)18-12-43(56)3)45(5)33-49-34-50(65)37-51(35-49)68-25-27-69(28-26-68)59(79)40-72-23-10-22-66-72/h10,13-17,19-23,33-35,37,42-44,46,53-54,56,61,75H,7-9,11-12,18,24-32,36,38-41H2,1-6H3,(H,67,81)/b19-13+,45-33+/t43-,44-,46-,53+,54-,56-,61-/m0/s1. The number of rotatable bonds is 22. The molecule has 7 atom stereocenters. The fourth-order valence-corrected chi connectivity index (χ4v) is 10.9. The van der Waals surface area contributed by atoms with Crippen molar-refractivity contribution in [2.75, 3.05) is 63.8 Å². The van der Waals surface area contributed by atoms with Gasteiger partial charge in [0.15, 0.2) is 5.78 Å². The number of aliphatic hydroxyl groups excluding tert-OH is 1. The van der Waals surface area contributed by atoms with Crippen LogP contribution in [0.25, 0.3) is 6.08 Å². The van der Waals surface area contributed by atoms with Crippen molar-refractivity contribution in [3.63, 3.8) is 0 Å². The number of esters is 1. The van der Waals surface area contributed by atoms with Gasteiger partial charge in [0, 0.05) is 120 Å². The topological polar surface area (TPSA) is 248 Å². The highest BCUT2D eigenvalue weighted by Crippen LogP contribution is 2.29. The van der Waals surface area contributed by atoms with E-state index in [1.54, 1.807) is 78.3 Å². The number of halogens is 1. The van der Waals surface area contributed by atoms with Gasteiger partial charge >= 0.3 is 18.2 Å². The summed E-state index contributed by atoms with van der Waals surface area (Å²) in [5.41, 5.74) is 3.22. The van der Waals surface area contributed by atoms with Gasteiger partial charge < -0.3 is 44.2 Å². The summed E-state index contributed by atoms with van der Waals surface area (Å²) >= 11 is 0. The van der Waals surface area contributed by atoms with Crippen LogP contribution in [0.3, 0.4) is 0 Å². The lowest BCUT2D eigenvalue weighted by atomic mass is 9.88. The molecule has 2 aromatic carbocycles. The highest BCUT2D eigenvalue weighted by molar-refractivity contribution is 6.12. The number of benzene rings is 2. The van der Waals surface area contributed by atoms with Crippen LogP contribution in [-0.4, -0.2) is 171 Å². The smallest absolute Gasteiger partial charge is 0.410 e. The number of amides is 6. The van der Waals surface area contributed by atoms with E-state index in [1.165, 1.54) is 39.0 Å².